The zero-order valence-corrected chi connectivity index (χ0v) is 31.0. The number of para-hydroxylation sites is 4. The van der Waals surface area contributed by atoms with Crippen molar-refractivity contribution in [3.63, 3.8) is 0 Å². The van der Waals surface area contributed by atoms with Gasteiger partial charge in [0, 0.05) is 39.3 Å². The van der Waals surface area contributed by atoms with Crippen LogP contribution in [0.4, 0.5) is 17.1 Å². The molecule has 57 heavy (non-hydrogen) atoms. The van der Waals surface area contributed by atoms with Gasteiger partial charge in [0.2, 0.25) is 0 Å². The minimum Gasteiger partial charge on any atom is -0.456 e. The summed E-state index contributed by atoms with van der Waals surface area (Å²) in [5, 5.41) is 0. The molecule has 0 saturated heterocycles. The molecular weight excluding hydrogens is 695 g/mol. The highest BCUT2D eigenvalue weighted by atomic mass is 16.5. The Bertz CT molecular complexity index is 2950. The minimum atomic E-state index is 0.849. The Morgan fingerprint density at radius 3 is 1.09 bits per heavy atom. The normalized spacial score (nSPS) is 11.8. The standard InChI is InChI=1S/C54H35NO2/c1-2-12-36(13-3-1)37-22-27-40(28-23-37)55(42-31-33-44-46-15-5-9-19-52(46)57-54-21-11-7-17-48(54)50(44)35-42)41-29-24-38(25-30-41)39-26-32-43-45-14-4-8-18-51(45)56-53-20-10-6-16-47(53)49(43)34-39/h1-35H. The molecule has 3 nitrogen and oxygen atoms in total. The Labute approximate surface area is 332 Å². The third kappa shape index (κ3) is 5.76. The van der Waals surface area contributed by atoms with Gasteiger partial charge in [-0.1, -0.05) is 146 Å². The number of hydrogen-bond acceptors (Lipinski definition) is 3. The molecule has 0 aromatic heterocycles. The fourth-order valence-electron chi connectivity index (χ4n) is 8.34. The van der Waals surface area contributed by atoms with Crippen LogP contribution in [0.1, 0.15) is 0 Å². The fraction of sp³-hybridized carbons (Fsp3) is 0. The summed E-state index contributed by atoms with van der Waals surface area (Å²) in [6, 6.07) is 75.1. The van der Waals surface area contributed by atoms with E-state index < -0.39 is 0 Å². The van der Waals surface area contributed by atoms with Crippen LogP contribution in [-0.2, 0) is 0 Å². The van der Waals surface area contributed by atoms with E-state index in [1.165, 1.54) is 16.7 Å². The first-order valence-corrected chi connectivity index (χ1v) is 19.3. The third-order valence-electron chi connectivity index (χ3n) is 11.1. The zero-order valence-electron chi connectivity index (χ0n) is 31.0. The number of fused-ring (bicyclic) bond motifs is 10. The monoisotopic (exact) mass is 729 g/mol. The lowest BCUT2D eigenvalue weighted by molar-refractivity contribution is 0.487. The lowest BCUT2D eigenvalue weighted by Gasteiger charge is -2.27. The van der Waals surface area contributed by atoms with Crippen molar-refractivity contribution in [3.8, 4) is 89.8 Å². The van der Waals surface area contributed by atoms with Crippen molar-refractivity contribution in [1.29, 1.82) is 0 Å². The van der Waals surface area contributed by atoms with Crippen LogP contribution >= 0.6 is 0 Å². The molecule has 0 atom stereocenters. The number of hydrogen-bond donors (Lipinski definition) is 0. The third-order valence-corrected chi connectivity index (χ3v) is 11.1. The highest BCUT2D eigenvalue weighted by Crippen LogP contribution is 2.50. The van der Waals surface area contributed by atoms with Crippen LogP contribution in [0.5, 0.6) is 23.0 Å². The number of rotatable bonds is 5. The molecule has 9 aromatic rings. The van der Waals surface area contributed by atoms with Crippen LogP contribution in [0.2, 0.25) is 0 Å². The van der Waals surface area contributed by atoms with Crippen molar-refractivity contribution in [1.82, 2.24) is 0 Å². The first-order valence-electron chi connectivity index (χ1n) is 19.3. The SMILES string of the molecule is c1ccc(-c2ccc(N(c3ccc(-c4ccc5c(c4)-c4ccccc4Oc4ccccc4-5)cc3)c3ccc4c(c3)-c3ccccc3Oc3ccccc3-4)cc2)cc1. The van der Waals surface area contributed by atoms with Gasteiger partial charge in [-0.15, -0.1) is 0 Å². The molecule has 9 aromatic carbocycles. The van der Waals surface area contributed by atoms with Crippen LogP contribution in [0.3, 0.4) is 0 Å². The summed E-state index contributed by atoms with van der Waals surface area (Å²) in [4.78, 5) is 2.35. The van der Waals surface area contributed by atoms with Crippen LogP contribution in [0.15, 0.2) is 212 Å². The van der Waals surface area contributed by atoms with Gasteiger partial charge in [-0.05, 0) is 111 Å². The van der Waals surface area contributed by atoms with Crippen molar-refractivity contribution in [2.24, 2.45) is 0 Å². The molecule has 0 unspecified atom stereocenters. The van der Waals surface area contributed by atoms with Crippen LogP contribution in [0, 0.1) is 0 Å². The van der Waals surface area contributed by atoms with Gasteiger partial charge in [0.05, 0.1) is 0 Å². The summed E-state index contributed by atoms with van der Waals surface area (Å²) < 4.78 is 13.0. The average molecular weight is 730 g/mol. The van der Waals surface area contributed by atoms with Crippen LogP contribution < -0.4 is 14.4 Å². The molecular formula is C54H35NO2. The molecule has 0 aliphatic carbocycles. The van der Waals surface area contributed by atoms with Crippen LogP contribution in [-0.4, -0.2) is 0 Å². The predicted octanol–water partition coefficient (Wildman–Crippen LogP) is 15.4. The van der Waals surface area contributed by atoms with E-state index in [9.17, 15) is 0 Å². The first kappa shape index (κ1) is 32.8. The maximum absolute atomic E-state index is 6.52. The lowest BCUT2D eigenvalue weighted by Crippen LogP contribution is -2.10. The average Bonchev–Trinajstić information content (AvgIpc) is 3.51. The molecule has 2 heterocycles. The molecule has 0 fully saturated rings. The second-order valence-electron chi connectivity index (χ2n) is 14.5. The van der Waals surface area contributed by atoms with E-state index in [1.807, 2.05) is 36.4 Å². The summed E-state index contributed by atoms with van der Waals surface area (Å²) in [5.74, 6) is 3.44. The summed E-state index contributed by atoms with van der Waals surface area (Å²) in [5.41, 5.74) is 16.8. The van der Waals surface area contributed by atoms with E-state index in [0.29, 0.717) is 0 Å². The molecule has 0 N–H and O–H groups in total. The zero-order chi connectivity index (χ0) is 37.7. The maximum atomic E-state index is 6.52. The van der Waals surface area contributed by atoms with Gasteiger partial charge in [-0.3, -0.25) is 0 Å². The number of ether oxygens (including phenoxy) is 2. The van der Waals surface area contributed by atoms with Gasteiger partial charge in [-0.2, -0.15) is 0 Å². The van der Waals surface area contributed by atoms with E-state index in [1.54, 1.807) is 0 Å². The van der Waals surface area contributed by atoms with Crippen molar-refractivity contribution in [2.45, 2.75) is 0 Å². The minimum absolute atomic E-state index is 0.849. The van der Waals surface area contributed by atoms with E-state index in [2.05, 4.69) is 181 Å². The van der Waals surface area contributed by atoms with Crippen molar-refractivity contribution < 1.29 is 9.47 Å². The fourth-order valence-corrected chi connectivity index (χ4v) is 8.34. The van der Waals surface area contributed by atoms with Gasteiger partial charge in [0.1, 0.15) is 23.0 Å². The van der Waals surface area contributed by atoms with E-state index in [0.717, 1.165) is 90.1 Å². The predicted molar refractivity (Wildman–Crippen MR) is 234 cm³/mol. The Balaban J connectivity index is 1.03. The van der Waals surface area contributed by atoms with Crippen molar-refractivity contribution >= 4 is 17.1 Å². The molecule has 0 saturated carbocycles. The quantitative estimate of drug-likeness (QED) is 0.176. The second-order valence-corrected chi connectivity index (χ2v) is 14.5. The second kappa shape index (κ2) is 13.6. The van der Waals surface area contributed by atoms with E-state index in [-0.39, 0.29) is 0 Å². The molecule has 2 aliphatic heterocycles. The lowest BCUT2D eigenvalue weighted by atomic mass is 9.91. The summed E-state index contributed by atoms with van der Waals surface area (Å²) in [7, 11) is 0. The van der Waals surface area contributed by atoms with Crippen LogP contribution in [0.25, 0.3) is 66.8 Å². The maximum Gasteiger partial charge on any atom is 0.135 e. The van der Waals surface area contributed by atoms with Gasteiger partial charge < -0.3 is 14.4 Å². The van der Waals surface area contributed by atoms with Gasteiger partial charge in [0.15, 0.2) is 0 Å². The van der Waals surface area contributed by atoms with Gasteiger partial charge in [-0.25, -0.2) is 0 Å². The summed E-state index contributed by atoms with van der Waals surface area (Å²) in [6.45, 7) is 0. The Kier molecular flexibility index (Phi) is 7.82. The molecule has 11 rings (SSSR count). The van der Waals surface area contributed by atoms with Gasteiger partial charge in [0.25, 0.3) is 0 Å². The van der Waals surface area contributed by atoms with E-state index in [4.69, 9.17) is 9.47 Å². The highest BCUT2D eigenvalue weighted by molar-refractivity contribution is 5.95. The molecule has 0 radical (unpaired) electrons. The number of benzene rings is 9. The molecule has 268 valence electrons. The molecule has 0 amide bonds. The van der Waals surface area contributed by atoms with E-state index >= 15 is 0 Å². The molecule has 0 bridgehead atoms. The Hall–Kier alpha value is -7.62. The smallest absolute Gasteiger partial charge is 0.135 e. The summed E-state index contributed by atoms with van der Waals surface area (Å²) in [6.07, 6.45) is 0. The molecule has 0 spiro atoms. The first-order chi connectivity index (χ1) is 28.2. The largest absolute Gasteiger partial charge is 0.456 e. The number of anilines is 3. The van der Waals surface area contributed by atoms with Gasteiger partial charge >= 0.3 is 0 Å². The molecule has 2 aliphatic rings. The van der Waals surface area contributed by atoms with Crippen molar-refractivity contribution in [2.75, 3.05) is 4.90 Å². The number of nitrogens with zero attached hydrogens (tertiary/aromatic N) is 1. The Morgan fingerprint density at radius 1 is 0.228 bits per heavy atom. The molecule has 3 heteroatoms. The highest BCUT2D eigenvalue weighted by Gasteiger charge is 2.24. The topological polar surface area (TPSA) is 21.7 Å². The van der Waals surface area contributed by atoms with Crippen molar-refractivity contribution in [3.05, 3.63) is 212 Å². The summed E-state index contributed by atoms with van der Waals surface area (Å²) >= 11 is 0. The Morgan fingerprint density at radius 2 is 0.579 bits per heavy atom.